The van der Waals surface area contributed by atoms with E-state index in [4.69, 9.17) is 4.74 Å². The summed E-state index contributed by atoms with van der Waals surface area (Å²) >= 11 is 0. The summed E-state index contributed by atoms with van der Waals surface area (Å²) in [7, 11) is 4.04. The molecule has 0 fully saturated rings. The number of benzene rings is 2. The highest BCUT2D eigenvalue weighted by atomic mass is 16.5. The highest BCUT2D eigenvalue weighted by Gasteiger charge is 2.14. The molecular weight excluding hydrogens is 300 g/mol. The maximum absolute atomic E-state index is 12.0. The minimum Gasteiger partial charge on any atom is -0.493 e. The lowest BCUT2D eigenvalue weighted by Gasteiger charge is -2.25. The van der Waals surface area contributed by atoms with Crippen LogP contribution in [0, 0.1) is 6.92 Å². The molecule has 0 aliphatic carbocycles. The summed E-state index contributed by atoms with van der Waals surface area (Å²) in [4.78, 5) is 14.2. The van der Waals surface area contributed by atoms with E-state index in [1.165, 1.54) is 5.56 Å². The molecule has 1 N–H and O–H groups in total. The van der Waals surface area contributed by atoms with Crippen molar-refractivity contribution in [1.82, 2.24) is 10.2 Å². The Morgan fingerprint density at radius 3 is 2.54 bits per heavy atom. The molecule has 0 aromatic heterocycles. The molecule has 4 heteroatoms. The van der Waals surface area contributed by atoms with Crippen LogP contribution in [-0.2, 0) is 4.79 Å². The molecule has 0 saturated heterocycles. The van der Waals surface area contributed by atoms with E-state index in [1.54, 1.807) is 0 Å². The van der Waals surface area contributed by atoms with Crippen LogP contribution < -0.4 is 10.1 Å². The molecule has 2 aromatic rings. The third-order valence-corrected chi connectivity index (χ3v) is 3.89. The number of likely N-dealkylation sites (N-methyl/N-ethyl adjacent to an activating group) is 1. The monoisotopic (exact) mass is 326 g/mol. The Morgan fingerprint density at radius 2 is 1.88 bits per heavy atom. The van der Waals surface area contributed by atoms with Crippen LogP contribution >= 0.6 is 0 Å². The average molecular weight is 326 g/mol. The Hall–Kier alpha value is -2.33. The molecule has 1 atom stereocenters. The summed E-state index contributed by atoms with van der Waals surface area (Å²) in [6, 6.07) is 18.2. The molecule has 128 valence electrons. The van der Waals surface area contributed by atoms with Gasteiger partial charge < -0.3 is 15.0 Å². The van der Waals surface area contributed by atoms with Gasteiger partial charge in [-0.15, -0.1) is 0 Å². The van der Waals surface area contributed by atoms with E-state index < -0.39 is 0 Å². The number of amides is 1. The van der Waals surface area contributed by atoms with E-state index in [-0.39, 0.29) is 11.9 Å². The molecule has 0 saturated carbocycles. The molecule has 0 aliphatic heterocycles. The van der Waals surface area contributed by atoms with Gasteiger partial charge in [0.15, 0.2) is 0 Å². The van der Waals surface area contributed by atoms with E-state index in [1.807, 2.05) is 63.5 Å². The van der Waals surface area contributed by atoms with E-state index in [0.717, 1.165) is 11.3 Å². The summed E-state index contributed by atoms with van der Waals surface area (Å²) in [6.45, 7) is 2.98. The van der Waals surface area contributed by atoms with Crippen LogP contribution in [0.3, 0.4) is 0 Å². The number of hydrogen-bond donors (Lipinski definition) is 1. The zero-order valence-corrected chi connectivity index (χ0v) is 14.7. The van der Waals surface area contributed by atoms with Crippen molar-refractivity contribution in [2.24, 2.45) is 0 Å². The summed E-state index contributed by atoms with van der Waals surface area (Å²) in [5, 5.41) is 3.00. The van der Waals surface area contributed by atoms with Crippen LogP contribution in [0.2, 0.25) is 0 Å². The van der Waals surface area contributed by atoms with Gasteiger partial charge in [-0.25, -0.2) is 0 Å². The van der Waals surface area contributed by atoms with Crippen molar-refractivity contribution < 1.29 is 9.53 Å². The zero-order chi connectivity index (χ0) is 17.4. The zero-order valence-electron chi connectivity index (χ0n) is 14.7. The van der Waals surface area contributed by atoms with Crippen molar-refractivity contribution in [2.75, 3.05) is 27.2 Å². The maximum atomic E-state index is 12.0. The van der Waals surface area contributed by atoms with Gasteiger partial charge in [-0.1, -0.05) is 42.5 Å². The summed E-state index contributed by atoms with van der Waals surface area (Å²) in [5.41, 5.74) is 2.34. The molecule has 24 heavy (non-hydrogen) atoms. The highest BCUT2D eigenvalue weighted by molar-refractivity contribution is 5.76. The Labute approximate surface area is 144 Å². The normalized spacial score (nSPS) is 12.0. The van der Waals surface area contributed by atoms with Gasteiger partial charge >= 0.3 is 0 Å². The number of nitrogens with zero attached hydrogens (tertiary/aromatic N) is 1. The van der Waals surface area contributed by atoms with Crippen molar-refractivity contribution in [1.29, 1.82) is 0 Å². The molecular formula is C20H26N2O2. The van der Waals surface area contributed by atoms with Gasteiger partial charge in [0, 0.05) is 6.54 Å². The summed E-state index contributed by atoms with van der Waals surface area (Å²) in [5.74, 6) is 0.809. The van der Waals surface area contributed by atoms with E-state index in [2.05, 4.69) is 22.3 Å². The van der Waals surface area contributed by atoms with Gasteiger partial charge in [-0.3, -0.25) is 4.79 Å². The molecule has 0 unspecified atom stereocenters. The maximum Gasteiger partial charge on any atom is 0.223 e. The number of rotatable bonds is 8. The predicted octanol–water partition coefficient (Wildman–Crippen LogP) is 3.18. The molecule has 0 radical (unpaired) electrons. The molecule has 4 nitrogen and oxygen atoms in total. The van der Waals surface area contributed by atoms with Crippen LogP contribution in [0.25, 0.3) is 0 Å². The molecule has 2 rings (SSSR count). The standard InChI is InChI=1S/C20H26N2O2/c1-16-8-7-11-18(14-16)24-13-12-20(23)21-15-19(22(2)3)17-9-5-4-6-10-17/h4-11,14,19H,12-13,15H2,1-3H3,(H,21,23)/t19-/m0/s1. The first-order valence-corrected chi connectivity index (χ1v) is 8.24. The number of carbonyl (C=O) groups excluding carboxylic acids is 1. The first kappa shape index (κ1) is 18.0. The largest absolute Gasteiger partial charge is 0.493 e. The Kier molecular flexibility index (Phi) is 6.82. The molecule has 1 amide bonds. The second kappa shape index (κ2) is 9.08. The van der Waals surface area contributed by atoms with Crippen LogP contribution in [-0.4, -0.2) is 38.1 Å². The van der Waals surface area contributed by atoms with Gasteiger partial charge in [-0.05, 0) is 44.3 Å². The summed E-state index contributed by atoms with van der Waals surface area (Å²) < 4.78 is 5.63. The first-order valence-electron chi connectivity index (χ1n) is 8.24. The molecule has 0 bridgehead atoms. The third kappa shape index (κ3) is 5.70. The van der Waals surface area contributed by atoms with Crippen molar-refractivity contribution >= 4 is 5.91 Å². The van der Waals surface area contributed by atoms with Gasteiger partial charge in [0.25, 0.3) is 0 Å². The fraction of sp³-hybridized carbons (Fsp3) is 0.350. The number of carbonyl (C=O) groups is 1. The second-order valence-corrected chi connectivity index (χ2v) is 6.11. The van der Waals surface area contributed by atoms with Gasteiger partial charge in [0.2, 0.25) is 5.91 Å². The van der Waals surface area contributed by atoms with Crippen molar-refractivity contribution in [3.05, 3.63) is 65.7 Å². The van der Waals surface area contributed by atoms with Crippen LogP contribution in [0.5, 0.6) is 5.75 Å². The molecule has 0 aliphatic rings. The number of hydrogen-bond acceptors (Lipinski definition) is 3. The molecule has 0 heterocycles. The summed E-state index contributed by atoms with van der Waals surface area (Å²) in [6.07, 6.45) is 0.350. The molecule has 2 aromatic carbocycles. The topological polar surface area (TPSA) is 41.6 Å². The van der Waals surface area contributed by atoms with Gasteiger partial charge in [-0.2, -0.15) is 0 Å². The SMILES string of the molecule is Cc1cccc(OCCC(=O)NC[C@@H](c2ccccc2)N(C)C)c1. The van der Waals surface area contributed by atoms with E-state index in [0.29, 0.717) is 19.6 Å². The minimum atomic E-state index is 0.00503. The van der Waals surface area contributed by atoms with E-state index >= 15 is 0 Å². The second-order valence-electron chi connectivity index (χ2n) is 6.11. The fourth-order valence-corrected chi connectivity index (χ4v) is 2.54. The van der Waals surface area contributed by atoms with Crippen molar-refractivity contribution in [2.45, 2.75) is 19.4 Å². The van der Waals surface area contributed by atoms with E-state index in [9.17, 15) is 4.79 Å². The van der Waals surface area contributed by atoms with Crippen LogP contribution in [0.15, 0.2) is 54.6 Å². The fourth-order valence-electron chi connectivity index (χ4n) is 2.54. The number of aryl methyl sites for hydroxylation is 1. The van der Waals surface area contributed by atoms with Crippen molar-refractivity contribution in [3.8, 4) is 5.75 Å². The Balaban J connectivity index is 1.77. The minimum absolute atomic E-state index is 0.00503. The smallest absolute Gasteiger partial charge is 0.223 e. The Bertz CT molecular complexity index is 641. The van der Waals surface area contributed by atoms with Gasteiger partial charge in [0.05, 0.1) is 19.1 Å². The first-order chi connectivity index (χ1) is 11.6. The lowest BCUT2D eigenvalue weighted by molar-refractivity contribution is -0.121. The lowest BCUT2D eigenvalue weighted by atomic mass is 10.1. The third-order valence-electron chi connectivity index (χ3n) is 3.89. The Morgan fingerprint density at radius 1 is 1.12 bits per heavy atom. The van der Waals surface area contributed by atoms with Crippen LogP contribution in [0.4, 0.5) is 0 Å². The van der Waals surface area contributed by atoms with Crippen LogP contribution in [0.1, 0.15) is 23.6 Å². The van der Waals surface area contributed by atoms with Crippen molar-refractivity contribution in [3.63, 3.8) is 0 Å². The average Bonchev–Trinajstić information content (AvgIpc) is 2.56. The van der Waals surface area contributed by atoms with Gasteiger partial charge in [0.1, 0.15) is 5.75 Å². The predicted molar refractivity (Wildman–Crippen MR) is 97.2 cm³/mol. The lowest BCUT2D eigenvalue weighted by Crippen LogP contribution is -2.35. The quantitative estimate of drug-likeness (QED) is 0.810. The highest BCUT2D eigenvalue weighted by Crippen LogP contribution is 2.16. The number of ether oxygens (including phenoxy) is 1. The molecule has 0 spiro atoms. The number of nitrogens with one attached hydrogen (secondary N) is 1.